The minimum Gasteiger partial charge on any atom is -0.300 e. The highest BCUT2D eigenvalue weighted by Crippen LogP contribution is 2.22. The number of fused-ring (bicyclic) bond motifs is 1. The summed E-state index contributed by atoms with van der Waals surface area (Å²) in [5.74, 6) is -0.187. The lowest BCUT2D eigenvalue weighted by molar-refractivity contribution is -0.116. The molecule has 0 aliphatic carbocycles. The molecule has 0 atom stereocenters. The molecule has 0 saturated carbocycles. The van der Waals surface area contributed by atoms with Crippen molar-refractivity contribution in [3.05, 3.63) is 70.2 Å². The third kappa shape index (κ3) is 3.74. The van der Waals surface area contributed by atoms with Crippen molar-refractivity contribution in [1.29, 1.82) is 0 Å². The third-order valence-corrected chi connectivity index (χ3v) is 4.97. The molecule has 4 aromatic rings. The number of amides is 1. The van der Waals surface area contributed by atoms with Gasteiger partial charge in [0.05, 0.1) is 5.52 Å². The molecule has 0 aliphatic heterocycles. The number of thiazole rings is 1. The maximum absolute atomic E-state index is 12.3. The van der Waals surface area contributed by atoms with Crippen molar-refractivity contribution in [3.8, 4) is 0 Å². The topological polar surface area (TPSA) is 72.7 Å². The molecule has 6 nitrogen and oxygen atoms in total. The Kier molecular flexibility index (Phi) is 4.64. The highest BCUT2D eigenvalue weighted by atomic mass is 35.5. The fraction of sp³-hybridized carbons (Fsp3) is 0.111. The van der Waals surface area contributed by atoms with Crippen LogP contribution in [0.15, 0.2) is 54.7 Å². The zero-order valence-corrected chi connectivity index (χ0v) is 15.2. The van der Waals surface area contributed by atoms with Gasteiger partial charge < -0.3 is 5.32 Å². The van der Waals surface area contributed by atoms with Gasteiger partial charge >= 0.3 is 0 Å². The average molecular weight is 384 g/mol. The Labute approximate surface area is 158 Å². The van der Waals surface area contributed by atoms with Crippen LogP contribution in [-0.2, 0) is 17.8 Å². The molecule has 0 unspecified atom stereocenters. The molecule has 0 saturated heterocycles. The Balaban J connectivity index is 1.40. The maximum atomic E-state index is 12.3. The van der Waals surface area contributed by atoms with Gasteiger partial charge in [-0.05, 0) is 29.8 Å². The quantitative estimate of drug-likeness (QED) is 0.569. The van der Waals surface area contributed by atoms with Crippen molar-refractivity contribution in [2.24, 2.45) is 0 Å². The summed E-state index contributed by atoms with van der Waals surface area (Å²) in [4.78, 5) is 17.6. The van der Waals surface area contributed by atoms with Gasteiger partial charge in [-0.1, -0.05) is 41.1 Å². The van der Waals surface area contributed by atoms with Crippen LogP contribution in [0, 0.1) is 0 Å². The van der Waals surface area contributed by atoms with Crippen molar-refractivity contribution >= 4 is 45.0 Å². The van der Waals surface area contributed by atoms with E-state index in [0.717, 1.165) is 27.9 Å². The molecule has 2 aromatic heterocycles. The molecule has 1 amide bonds. The second-order valence-corrected chi connectivity index (χ2v) is 7.27. The van der Waals surface area contributed by atoms with Crippen LogP contribution in [0.25, 0.3) is 11.0 Å². The zero-order chi connectivity index (χ0) is 17.9. The van der Waals surface area contributed by atoms with Crippen LogP contribution in [-0.4, -0.2) is 25.9 Å². The molecule has 2 aromatic carbocycles. The van der Waals surface area contributed by atoms with E-state index < -0.39 is 0 Å². The number of carbonyl (C=O) groups excluding carboxylic acids is 1. The number of rotatable bonds is 5. The van der Waals surface area contributed by atoms with E-state index in [0.29, 0.717) is 10.2 Å². The minimum absolute atomic E-state index is 0.0899. The fourth-order valence-electron chi connectivity index (χ4n) is 2.58. The van der Waals surface area contributed by atoms with Gasteiger partial charge in [-0.15, -0.1) is 16.4 Å². The molecule has 4 rings (SSSR count). The Morgan fingerprint density at radius 1 is 1.15 bits per heavy atom. The number of hydrogen-bond acceptors (Lipinski definition) is 5. The number of carbonyl (C=O) groups is 1. The number of aromatic nitrogens is 4. The van der Waals surface area contributed by atoms with Crippen molar-refractivity contribution in [2.75, 3.05) is 5.32 Å². The van der Waals surface area contributed by atoms with Crippen LogP contribution < -0.4 is 5.32 Å². The van der Waals surface area contributed by atoms with Crippen molar-refractivity contribution in [1.82, 2.24) is 20.0 Å². The summed E-state index contributed by atoms with van der Waals surface area (Å²) < 4.78 is 1.58. The van der Waals surface area contributed by atoms with Crippen molar-refractivity contribution in [2.45, 2.75) is 13.0 Å². The van der Waals surface area contributed by atoms with Crippen LogP contribution in [0.1, 0.15) is 10.4 Å². The lowest BCUT2D eigenvalue weighted by atomic mass is 10.1. The lowest BCUT2D eigenvalue weighted by Crippen LogP contribution is -2.19. The highest BCUT2D eigenvalue weighted by Gasteiger charge is 2.11. The van der Waals surface area contributed by atoms with E-state index in [4.69, 9.17) is 11.6 Å². The van der Waals surface area contributed by atoms with E-state index in [1.165, 1.54) is 11.3 Å². The predicted octanol–water partition coefficient (Wildman–Crippen LogP) is 3.77. The summed E-state index contributed by atoms with van der Waals surface area (Å²) >= 11 is 7.36. The van der Waals surface area contributed by atoms with Gasteiger partial charge in [-0.3, -0.25) is 4.79 Å². The molecule has 8 heteroatoms. The van der Waals surface area contributed by atoms with E-state index in [1.807, 2.05) is 48.5 Å². The molecule has 0 radical (unpaired) electrons. The summed E-state index contributed by atoms with van der Waals surface area (Å²) in [7, 11) is 0. The van der Waals surface area contributed by atoms with Gasteiger partial charge in [0.15, 0.2) is 5.13 Å². The van der Waals surface area contributed by atoms with Gasteiger partial charge in [0.25, 0.3) is 0 Å². The summed E-state index contributed by atoms with van der Waals surface area (Å²) in [6, 6.07) is 15.2. The van der Waals surface area contributed by atoms with E-state index >= 15 is 0 Å². The molecule has 26 heavy (non-hydrogen) atoms. The molecule has 0 aliphatic rings. The second kappa shape index (κ2) is 7.23. The van der Waals surface area contributed by atoms with Crippen LogP contribution in [0.2, 0.25) is 5.02 Å². The van der Waals surface area contributed by atoms with Crippen molar-refractivity contribution < 1.29 is 4.79 Å². The van der Waals surface area contributed by atoms with Gasteiger partial charge in [-0.25, -0.2) is 9.67 Å². The number of hydrogen-bond donors (Lipinski definition) is 1. The molecule has 1 N–H and O–H groups in total. The van der Waals surface area contributed by atoms with Crippen LogP contribution in [0.3, 0.4) is 0 Å². The monoisotopic (exact) mass is 383 g/mol. The number of nitrogens with one attached hydrogen (secondary N) is 1. The smallest absolute Gasteiger partial charge is 0.247 e. The molecule has 130 valence electrons. The molecular formula is C18H14ClN5OS. The normalized spacial score (nSPS) is 11.0. The van der Waals surface area contributed by atoms with Gasteiger partial charge in [0, 0.05) is 22.5 Å². The minimum atomic E-state index is -0.187. The molecule has 0 bridgehead atoms. The first-order chi connectivity index (χ1) is 12.7. The standard InChI is InChI=1S/C18H14ClN5OS/c19-13-7-5-12(6-8-13)9-14-10-20-18(26-14)21-17(25)11-24-16-4-2-1-3-15(16)22-23-24/h1-8,10H,9,11H2,(H,20,21,25). The summed E-state index contributed by atoms with van der Waals surface area (Å²) in [5.41, 5.74) is 2.73. The Morgan fingerprint density at radius 3 is 2.81 bits per heavy atom. The third-order valence-electron chi connectivity index (χ3n) is 3.81. The lowest BCUT2D eigenvalue weighted by Gasteiger charge is -2.02. The molecular weight excluding hydrogens is 370 g/mol. The van der Waals surface area contributed by atoms with Crippen LogP contribution in [0.5, 0.6) is 0 Å². The van der Waals surface area contributed by atoms with Crippen LogP contribution in [0.4, 0.5) is 5.13 Å². The SMILES string of the molecule is O=C(Cn1nnc2ccccc21)Nc1ncc(Cc2ccc(Cl)cc2)s1. The second-order valence-electron chi connectivity index (χ2n) is 5.72. The van der Waals surface area contributed by atoms with E-state index in [1.54, 1.807) is 10.9 Å². The van der Waals surface area contributed by atoms with Crippen LogP contribution >= 0.6 is 22.9 Å². The number of benzene rings is 2. The first kappa shape index (κ1) is 16.7. The molecule has 2 heterocycles. The van der Waals surface area contributed by atoms with Gasteiger partial charge in [-0.2, -0.15) is 0 Å². The van der Waals surface area contributed by atoms with Gasteiger partial charge in [0.2, 0.25) is 5.91 Å². The predicted molar refractivity (Wildman–Crippen MR) is 103 cm³/mol. The number of nitrogens with zero attached hydrogens (tertiary/aromatic N) is 4. The first-order valence-corrected chi connectivity index (χ1v) is 9.14. The maximum Gasteiger partial charge on any atom is 0.247 e. The summed E-state index contributed by atoms with van der Waals surface area (Å²) in [6.07, 6.45) is 2.53. The Morgan fingerprint density at radius 2 is 1.96 bits per heavy atom. The van der Waals surface area contributed by atoms with Crippen molar-refractivity contribution in [3.63, 3.8) is 0 Å². The molecule has 0 spiro atoms. The largest absolute Gasteiger partial charge is 0.300 e. The zero-order valence-electron chi connectivity index (χ0n) is 13.6. The summed E-state index contributed by atoms with van der Waals surface area (Å²) in [5, 5.41) is 12.2. The fourth-order valence-corrected chi connectivity index (χ4v) is 3.57. The van der Waals surface area contributed by atoms with E-state index in [2.05, 4.69) is 20.6 Å². The van der Waals surface area contributed by atoms with E-state index in [9.17, 15) is 4.79 Å². The average Bonchev–Trinajstić information content (AvgIpc) is 3.24. The number of anilines is 1. The number of para-hydroxylation sites is 1. The summed E-state index contributed by atoms with van der Waals surface area (Å²) in [6.45, 7) is 0.0899. The Hall–Kier alpha value is -2.77. The van der Waals surface area contributed by atoms with Gasteiger partial charge in [0.1, 0.15) is 12.1 Å². The number of halogens is 1. The highest BCUT2D eigenvalue weighted by molar-refractivity contribution is 7.15. The molecule has 0 fully saturated rings. The van der Waals surface area contributed by atoms with E-state index in [-0.39, 0.29) is 12.5 Å². The first-order valence-electron chi connectivity index (χ1n) is 7.94. The Bertz CT molecular complexity index is 1060.